The molecule has 1 N–H and O–H groups in total. The van der Waals surface area contributed by atoms with Gasteiger partial charge >= 0.3 is 11.9 Å². The Kier molecular flexibility index (Phi) is 2.46. The minimum Gasteiger partial charge on any atom is -0.480 e. The number of aliphatic carboxylic acids is 1. The molecule has 0 spiro atoms. The highest BCUT2D eigenvalue weighted by molar-refractivity contribution is 6.21. The second-order valence-corrected chi connectivity index (χ2v) is 2.68. The zero-order valence-corrected chi connectivity index (χ0v) is 7.14. The van der Waals surface area contributed by atoms with Gasteiger partial charge in [-0.15, -0.1) is 0 Å². The molecule has 14 heavy (non-hydrogen) atoms. The lowest BCUT2D eigenvalue weighted by Crippen LogP contribution is -2.28. The first kappa shape index (κ1) is 10.1. The van der Waals surface area contributed by atoms with Crippen molar-refractivity contribution in [3.63, 3.8) is 0 Å². The van der Waals surface area contributed by atoms with E-state index >= 15 is 0 Å². The molecule has 0 bridgehead atoms. The third-order valence-corrected chi connectivity index (χ3v) is 1.57. The van der Waals surface area contributed by atoms with E-state index in [1.165, 1.54) is 0 Å². The van der Waals surface area contributed by atoms with Gasteiger partial charge in [0.05, 0.1) is 0 Å². The first-order chi connectivity index (χ1) is 6.43. The van der Waals surface area contributed by atoms with Gasteiger partial charge in [0.2, 0.25) is 5.76 Å². The number of Topliss-reactive ketones (excluding diaryl/α,β-unsaturated/α-hetero) is 1. The number of epoxide rings is 1. The van der Waals surface area contributed by atoms with Gasteiger partial charge in [0.1, 0.15) is 0 Å². The van der Waals surface area contributed by atoms with Crippen molar-refractivity contribution in [1.82, 2.24) is 0 Å². The minimum absolute atomic E-state index is 0.206. The summed E-state index contributed by atoms with van der Waals surface area (Å²) in [6, 6.07) is 0. The summed E-state index contributed by atoms with van der Waals surface area (Å²) in [4.78, 5) is 42.6. The summed E-state index contributed by atoms with van der Waals surface area (Å²) in [6.45, 7) is 0.991. The molecule has 1 heterocycles. The van der Waals surface area contributed by atoms with Crippen LogP contribution in [0.2, 0.25) is 0 Å². The van der Waals surface area contributed by atoms with Gasteiger partial charge in [0.15, 0.2) is 17.5 Å². The summed E-state index contributed by atoms with van der Waals surface area (Å²) >= 11 is 0. The molecule has 1 aliphatic rings. The Morgan fingerprint density at radius 1 is 1.43 bits per heavy atom. The van der Waals surface area contributed by atoms with Gasteiger partial charge in [-0.25, -0.2) is 4.79 Å². The van der Waals surface area contributed by atoms with Crippen molar-refractivity contribution in [2.45, 2.75) is 6.92 Å². The number of rotatable bonds is 4. The van der Waals surface area contributed by atoms with Crippen molar-refractivity contribution in [2.75, 3.05) is 0 Å². The van der Waals surface area contributed by atoms with E-state index in [0.717, 1.165) is 13.0 Å². The third kappa shape index (κ3) is 2.03. The molecule has 1 rings (SSSR count). The molecule has 1 aliphatic heterocycles. The molecule has 1 atom stereocenters. The molecule has 6 nitrogen and oxygen atoms in total. The summed E-state index contributed by atoms with van der Waals surface area (Å²) in [5.74, 6) is -5.90. The van der Waals surface area contributed by atoms with E-state index in [1.54, 1.807) is 0 Å². The number of carboxylic acids is 1. The summed E-state index contributed by atoms with van der Waals surface area (Å²) < 4.78 is 4.19. The quantitative estimate of drug-likeness (QED) is 0.363. The fraction of sp³-hybridized carbons (Fsp3) is 0.250. The number of ether oxygens (including phenoxy) is 1. The van der Waals surface area contributed by atoms with Crippen LogP contribution in [0.25, 0.3) is 0 Å². The molecule has 0 aromatic rings. The molecule has 1 unspecified atom stereocenters. The maximum Gasteiger partial charge on any atom is 0.380 e. The smallest absolute Gasteiger partial charge is 0.380 e. The molecule has 1 fully saturated rings. The third-order valence-electron chi connectivity index (χ3n) is 1.57. The van der Waals surface area contributed by atoms with Crippen molar-refractivity contribution in [3.8, 4) is 0 Å². The molecular formula is C8H6O6. The lowest BCUT2D eigenvalue weighted by atomic mass is 10.00. The van der Waals surface area contributed by atoms with E-state index in [9.17, 15) is 19.2 Å². The molecule has 0 amide bonds. The summed E-state index contributed by atoms with van der Waals surface area (Å²) in [5.41, 5.74) is 0. The van der Waals surface area contributed by atoms with Crippen LogP contribution in [0.4, 0.5) is 0 Å². The number of carboxylic acid groups (broad SMARTS) is 1. The molecule has 0 saturated carbocycles. The van der Waals surface area contributed by atoms with Crippen LogP contribution in [0.5, 0.6) is 0 Å². The zero-order chi connectivity index (χ0) is 10.9. The number of ketones is 2. The van der Waals surface area contributed by atoms with E-state index < -0.39 is 29.4 Å². The highest BCUT2D eigenvalue weighted by Crippen LogP contribution is 2.18. The van der Waals surface area contributed by atoms with Crippen molar-refractivity contribution in [3.05, 3.63) is 11.8 Å². The number of cyclic esters (lactones) is 1. The number of hydrogen-bond donors (Lipinski definition) is 1. The van der Waals surface area contributed by atoms with Gasteiger partial charge in [-0.3, -0.25) is 14.4 Å². The summed E-state index contributed by atoms with van der Waals surface area (Å²) in [6.07, 6.45) is 0.725. The number of carbonyl (C=O) groups is 4. The Morgan fingerprint density at radius 2 is 1.93 bits per heavy atom. The van der Waals surface area contributed by atoms with Gasteiger partial charge < -0.3 is 9.84 Å². The van der Waals surface area contributed by atoms with Gasteiger partial charge in [0, 0.05) is 6.08 Å². The first-order valence-electron chi connectivity index (χ1n) is 3.64. The van der Waals surface area contributed by atoms with Crippen LogP contribution < -0.4 is 0 Å². The second kappa shape index (κ2) is 3.41. The Balaban J connectivity index is 2.80. The molecule has 0 aliphatic carbocycles. The van der Waals surface area contributed by atoms with E-state index in [2.05, 4.69) is 4.74 Å². The van der Waals surface area contributed by atoms with Crippen LogP contribution in [0.3, 0.4) is 0 Å². The Hall–Kier alpha value is -1.98. The molecule has 0 radical (unpaired) electrons. The SMILES string of the molecule is CC(=O)C(C(=O)O)C(=O)C=C1OC1=O. The molecule has 0 aromatic heterocycles. The number of allylic oxidation sites excluding steroid dienone is 1. The van der Waals surface area contributed by atoms with Crippen molar-refractivity contribution < 1.29 is 29.0 Å². The van der Waals surface area contributed by atoms with Crippen molar-refractivity contribution >= 4 is 23.5 Å². The molecule has 74 valence electrons. The monoisotopic (exact) mass is 198 g/mol. The Bertz CT molecular complexity index is 350. The average Bonchev–Trinajstić information content (AvgIpc) is 2.63. The summed E-state index contributed by atoms with van der Waals surface area (Å²) in [7, 11) is 0. The second-order valence-electron chi connectivity index (χ2n) is 2.68. The minimum atomic E-state index is -1.75. The van der Waals surface area contributed by atoms with E-state index in [1.807, 2.05) is 0 Å². The maximum atomic E-state index is 11.1. The predicted octanol–water partition coefficient (Wildman–Crippen LogP) is -0.714. The zero-order valence-electron chi connectivity index (χ0n) is 7.14. The van der Waals surface area contributed by atoms with E-state index in [-0.39, 0.29) is 5.76 Å². The summed E-state index contributed by atoms with van der Waals surface area (Å²) in [5, 5.41) is 8.52. The van der Waals surface area contributed by atoms with Crippen LogP contribution in [0, 0.1) is 5.92 Å². The van der Waals surface area contributed by atoms with Crippen LogP contribution in [-0.4, -0.2) is 28.6 Å². The molecule has 6 heteroatoms. The molecule has 1 saturated heterocycles. The largest absolute Gasteiger partial charge is 0.480 e. The fourth-order valence-electron chi connectivity index (χ4n) is 0.871. The van der Waals surface area contributed by atoms with Crippen molar-refractivity contribution in [2.24, 2.45) is 5.92 Å². The van der Waals surface area contributed by atoms with Crippen molar-refractivity contribution in [1.29, 1.82) is 0 Å². The first-order valence-corrected chi connectivity index (χ1v) is 3.64. The Morgan fingerprint density at radius 3 is 2.21 bits per heavy atom. The molecular weight excluding hydrogens is 192 g/mol. The molecule has 0 aromatic carbocycles. The van der Waals surface area contributed by atoms with E-state index in [0.29, 0.717) is 0 Å². The lowest BCUT2D eigenvalue weighted by molar-refractivity contribution is -0.148. The lowest BCUT2D eigenvalue weighted by Gasteiger charge is -2.01. The number of carbonyl (C=O) groups excluding carboxylic acids is 3. The van der Waals surface area contributed by atoms with Crippen LogP contribution >= 0.6 is 0 Å². The topological polar surface area (TPSA) is 101 Å². The Labute approximate surface area is 78.2 Å². The van der Waals surface area contributed by atoms with Gasteiger partial charge in [-0.05, 0) is 6.92 Å². The van der Waals surface area contributed by atoms with Crippen LogP contribution in [0.15, 0.2) is 11.8 Å². The van der Waals surface area contributed by atoms with E-state index in [4.69, 9.17) is 5.11 Å². The number of hydrogen-bond acceptors (Lipinski definition) is 5. The van der Waals surface area contributed by atoms with Crippen LogP contribution in [0.1, 0.15) is 6.92 Å². The normalized spacial score (nSPS) is 18.6. The van der Waals surface area contributed by atoms with Gasteiger partial charge in [0.25, 0.3) is 0 Å². The van der Waals surface area contributed by atoms with Crippen LogP contribution in [-0.2, 0) is 23.9 Å². The maximum absolute atomic E-state index is 11.1. The predicted molar refractivity (Wildman–Crippen MR) is 41.0 cm³/mol. The van der Waals surface area contributed by atoms with Gasteiger partial charge in [-0.1, -0.05) is 0 Å². The standard InChI is InChI=1S/C8H6O6/c1-3(9)6(7(11)12)4(10)2-5-8(13)14-5/h2,6H,1H3,(H,11,12). The average molecular weight is 198 g/mol. The highest BCUT2D eigenvalue weighted by Gasteiger charge is 2.36. The highest BCUT2D eigenvalue weighted by atomic mass is 16.6. The van der Waals surface area contributed by atoms with Gasteiger partial charge in [-0.2, -0.15) is 0 Å². The fourth-order valence-corrected chi connectivity index (χ4v) is 0.871.